The number of hydrogen-bond donors (Lipinski definition) is 0. The third-order valence-corrected chi connectivity index (χ3v) is 6.06. The Hall–Kier alpha value is -2.77. The summed E-state index contributed by atoms with van der Waals surface area (Å²) in [6.45, 7) is 4.09. The Morgan fingerprint density at radius 2 is 1.57 bits per heavy atom. The minimum Gasteiger partial charge on any atom is -0.395 e. The highest BCUT2D eigenvalue weighted by atomic mass is 79.9. The SMILES string of the molecule is Cc1cc(C)n2c(-c3ccc(Br)cc3)c[n+](-c3[nH+]c(-c4ccc(Br)cc4)co3)c2n1. The molecular weight excluding hydrogens is 508 g/mol. The van der Waals surface area contributed by atoms with Crippen LogP contribution in [0.25, 0.3) is 34.3 Å². The maximum absolute atomic E-state index is 5.93. The summed E-state index contributed by atoms with van der Waals surface area (Å²) in [6, 6.07) is 19.1. The van der Waals surface area contributed by atoms with Crippen molar-refractivity contribution >= 4 is 37.6 Å². The summed E-state index contributed by atoms with van der Waals surface area (Å²) in [4.78, 5) is 8.19. The molecular formula is C23H18Br2N4O+2. The number of aryl methyl sites for hydroxylation is 2. The molecule has 1 N–H and O–H groups in total. The molecule has 0 saturated heterocycles. The number of halogens is 2. The van der Waals surface area contributed by atoms with Crippen LogP contribution in [-0.2, 0) is 0 Å². The average molecular weight is 526 g/mol. The Balaban J connectivity index is 1.70. The zero-order valence-electron chi connectivity index (χ0n) is 16.4. The van der Waals surface area contributed by atoms with Gasteiger partial charge in [-0.05, 0) is 60.4 Å². The van der Waals surface area contributed by atoms with Crippen molar-refractivity contribution in [3.63, 3.8) is 0 Å². The minimum atomic E-state index is 0.603. The molecule has 0 spiro atoms. The van der Waals surface area contributed by atoms with Gasteiger partial charge in [-0.1, -0.05) is 36.4 Å². The Morgan fingerprint density at radius 1 is 0.933 bits per heavy atom. The van der Waals surface area contributed by atoms with Crippen LogP contribution in [0, 0.1) is 13.8 Å². The summed E-state index contributed by atoms with van der Waals surface area (Å²) < 4.78 is 12.1. The van der Waals surface area contributed by atoms with Crippen LogP contribution >= 0.6 is 31.9 Å². The van der Waals surface area contributed by atoms with Gasteiger partial charge in [0.05, 0.1) is 0 Å². The van der Waals surface area contributed by atoms with Gasteiger partial charge in [-0.2, -0.15) is 4.40 Å². The molecule has 3 heterocycles. The van der Waals surface area contributed by atoms with E-state index in [2.05, 4.69) is 72.6 Å². The molecule has 0 amide bonds. The average Bonchev–Trinajstić information content (AvgIpc) is 3.34. The number of aromatic nitrogens is 4. The molecule has 5 nitrogen and oxygen atoms in total. The maximum atomic E-state index is 5.93. The Kier molecular flexibility index (Phi) is 4.79. The molecule has 148 valence electrons. The second-order valence-electron chi connectivity index (χ2n) is 7.15. The fraction of sp³-hybridized carbons (Fsp3) is 0.0870. The molecule has 0 radical (unpaired) electrons. The molecule has 0 fully saturated rings. The van der Waals surface area contributed by atoms with Crippen molar-refractivity contribution in [2.45, 2.75) is 13.8 Å². The number of rotatable bonds is 3. The van der Waals surface area contributed by atoms with E-state index in [1.807, 2.05) is 47.9 Å². The third kappa shape index (κ3) is 3.38. The predicted molar refractivity (Wildman–Crippen MR) is 121 cm³/mol. The first-order valence-corrected chi connectivity index (χ1v) is 11.0. The molecule has 7 heteroatoms. The smallest absolute Gasteiger partial charge is 0.395 e. The lowest BCUT2D eigenvalue weighted by Crippen LogP contribution is -2.36. The first-order valence-electron chi connectivity index (χ1n) is 9.44. The van der Waals surface area contributed by atoms with Crippen LogP contribution in [0.2, 0.25) is 0 Å². The van der Waals surface area contributed by atoms with Crippen molar-refractivity contribution in [2.24, 2.45) is 0 Å². The zero-order valence-corrected chi connectivity index (χ0v) is 19.5. The summed E-state index contributed by atoms with van der Waals surface area (Å²) in [5, 5.41) is 0. The van der Waals surface area contributed by atoms with Gasteiger partial charge < -0.3 is 4.42 Å². The van der Waals surface area contributed by atoms with Gasteiger partial charge >= 0.3 is 11.8 Å². The first-order chi connectivity index (χ1) is 14.5. The van der Waals surface area contributed by atoms with Gasteiger partial charge in [-0.3, -0.25) is 0 Å². The second kappa shape index (κ2) is 7.49. The number of hydrogen-bond acceptors (Lipinski definition) is 2. The van der Waals surface area contributed by atoms with E-state index < -0.39 is 0 Å². The highest BCUT2D eigenvalue weighted by Gasteiger charge is 2.31. The number of nitrogens with one attached hydrogen (secondary N) is 1. The van der Waals surface area contributed by atoms with Crippen LogP contribution in [0.4, 0.5) is 0 Å². The van der Waals surface area contributed by atoms with E-state index in [0.717, 1.165) is 48.6 Å². The highest BCUT2D eigenvalue weighted by Crippen LogP contribution is 2.24. The lowest BCUT2D eigenvalue weighted by Gasteiger charge is -1.98. The number of H-pyrrole nitrogens is 1. The number of benzene rings is 2. The van der Waals surface area contributed by atoms with Crippen molar-refractivity contribution in [3.8, 4) is 28.5 Å². The molecule has 5 rings (SSSR count). The highest BCUT2D eigenvalue weighted by molar-refractivity contribution is 9.10. The van der Waals surface area contributed by atoms with Crippen molar-refractivity contribution in [1.82, 2.24) is 9.38 Å². The normalized spacial score (nSPS) is 11.3. The van der Waals surface area contributed by atoms with E-state index in [1.165, 1.54) is 0 Å². The zero-order chi connectivity index (χ0) is 20.8. The summed E-state index contributed by atoms with van der Waals surface area (Å²) in [5.74, 6) is 0.790. The fourth-order valence-electron chi connectivity index (χ4n) is 3.61. The monoisotopic (exact) mass is 524 g/mol. The van der Waals surface area contributed by atoms with Gasteiger partial charge in [0.25, 0.3) is 0 Å². The van der Waals surface area contributed by atoms with Crippen molar-refractivity contribution in [1.29, 1.82) is 0 Å². The van der Waals surface area contributed by atoms with Gasteiger partial charge in [0.2, 0.25) is 0 Å². The van der Waals surface area contributed by atoms with E-state index >= 15 is 0 Å². The molecule has 2 aromatic carbocycles. The van der Waals surface area contributed by atoms with Crippen LogP contribution < -0.4 is 9.55 Å². The molecule has 3 aromatic heterocycles. The van der Waals surface area contributed by atoms with E-state index in [0.29, 0.717) is 6.01 Å². The number of oxazole rings is 1. The molecule has 30 heavy (non-hydrogen) atoms. The number of aromatic amines is 1. The number of nitrogens with zero attached hydrogens (tertiary/aromatic N) is 3. The molecule has 0 bridgehead atoms. The topological polar surface area (TPSA) is 48.5 Å². The number of imidazole rings is 1. The van der Waals surface area contributed by atoms with Crippen LogP contribution in [0.1, 0.15) is 11.4 Å². The predicted octanol–water partition coefficient (Wildman–Crippen LogP) is 5.49. The molecule has 0 saturated carbocycles. The van der Waals surface area contributed by atoms with E-state index in [-0.39, 0.29) is 0 Å². The molecule has 0 atom stereocenters. The van der Waals surface area contributed by atoms with Gasteiger partial charge in [-0.25, -0.2) is 4.98 Å². The summed E-state index contributed by atoms with van der Waals surface area (Å²) in [6.07, 6.45) is 3.79. The molecule has 0 aliphatic carbocycles. The molecule has 0 aliphatic rings. The quantitative estimate of drug-likeness (QED) is 0.292. The molecule has 0 aliphatic heterocycles. The van der Waals surface area contributed by atoms with Crippen molar-refractivity contribution in [3.05, 3.63) is 87.4 Å². The first kappa shape index (κ1) is 19.2. The van der Waals surface area contributed by atoms with Crippen molar-refractivity contribution < 1.29 is 14.0 Å². The van der Waals surface area contributed by atoms with Gasteiger partial charge in [0.1, 0.15) is 12.0 Å². The molecule has 5 aromatic rings. The van der Waals surface area contributed by atoms with Crippen LogP contribution in [-0.4, -0.2) is 9.38 Å². The maximum Gasteiger partial charge on any atom is 0.507 e. The summed E-state index contributed by atoms with van der Waals surface area (Å²) in [7, 11) is 0. The van der Waals surface area contributed by atoms with Crippen LogP contribution in [0.5, 0.6) is 0 Å². The molecule has 0 unspecified atom stereocenters. The lowest BCUT2D eigenvalue weighted by molar-refractivity contribution is -0.664. The summed E-state index contributed by atoms with van der Waals surface area (Å²) in [5.41, 5.74) is 6.14. The van der Waals surface area contributed by atoms with Gasteiger partial charge in [-0.15, -0.1) is 0 Å². The summed E-state index contributed by atoms with van der Waals surface area (Å²) >= 11 is 6.99. The van der Waals surface area contributed by atoms with Gasteiger partial charge in [0, 0.05) is 33.1 Å². The van der Waals surface area contributed by atoms with E-state index in [1.54, 1.807) is 6.26 Å². The Bertz CT molecular complexity index is 1370. The largest absolute Gasteiger partial charge is 0.507 e. The van der Waals surface area contributed by atoms with Crippen molar-refractivity contribution in [2.75, 3.05) is 0 Å². The van der Waals surface area contributed by atoms with E-state index in [9.17, 15) is 0 Å². The fourth-order valence-corrected chi connectivity index (χ4v) is 4.14. The van der Waals surface area contributed by atoms with Crippen LogP contribution in [0.3, 0.4) is 0 Å². The standard InChI is InChI=1S/C23H17Br2N4O/c1-14-11-15(2)29-21(17-5-9-19(25)10-6-17)12-28(22(29)26-14)23-27-20(13-30-23)16-3-7-18(24)8-4-16/h3-13H,1-2H3/q+1/p+1. The second-order valence-corrected chi connectivity index (χ2v) is 8.98. The Labute approximate surface area is 190 Å². The minimum absolute atomic E-state index is 0.603. The lowest BCUT2D eigenvalue weighted by atomic mass is 10.2. The third-order valence-electron chi connectivity index (χ3n) is 5.00. The number of fused-ring (bicyclic) bond motifs is 1. The van der Waals surface area contributed by atoms with Crippen LogP contribution in [0.15, 0.2) is 80.4 Å². The Morgan fingerprint density at radius 3 is 2.23 bits per heavy atom. The van der Waals surface area contributed by atoms with Gasteiger partial charge in [0.15, 0.2) is 23.3 Å². The van der Waals surface area contributed by atoms with E-state index in [4.69, 9.17) is 9.40 Å².